The van der Waals surface area contributed by atoms with Crippen LogP contribution < -0.4 is 9.46 Å². The molecule has 6 heteroatoms. The Labute approximate surface area is 100 Å². The van der Waals surface area contributed by atoms with Gasteiger partial charge in [0.05, 0.1) is 12.0 Å². The van der Waals surface area contributed by atoms with E-state index in [0.717, 1.165) is 9.37 Å². The van der Waals surface area contributed by atoms with Crippen molar-refractivity contribution in [3.63, 3.8) is 0 Å². The van der Waals surface area contributed by atoms with Gasteiger partial charge in [0.15, 0.2) is 0 Å². The number of ether oxygens (including phenoxy) is 1. The molecule has 0 saturated carbocycles. The van der Waals surface area contributed by atoms with Crippen molar-refractivity contribution in [2.75, 3.05) is 13.7 Å². The summed E-state index contributed by atoms with van der Waals surface area (Å²) in [5, 5.41) is 8.46. The van der Waals surface area contributed by atoms with Gasteiger partial charge in [-0.1, -0.05) is 15.9 Å². The Hall–Kier alpha value is -0.720. The molecule has 0 aliphatic rings. The Bertz CT molecular complexity index is 359. The Morgan fingerprint density at radius 3 is 3.00 bits per heavy atom. The van der Waals surface area contributed by atoms with Crippen molar-refractivity contribution in [2.24, 2.45) is 0 Å². The van der Waals surface area contributed by atoms with Gasteiger partial charge in [0.1, 0.15) is 12.3 Å². The van der Waals surface area contributed by atoms with E-state index in [4.69, 9.17) is 9.84 Å². The number of aliphatic carboxylic acids is 1. The molecule has 0 fully saturated rings. The third-order valence-electron chi connectivity index (χ3n) is 1.53. The summed E-state index contributed by atoms with van der Waals surface area (Å²) in [5.41, 5.74) is 0. The molecule has 4 nitrogen and oxygen atoms in total. The number of benzene rings is 1. The lowest BCUT2D eigenvalue weighted by molar-refractivity contribution is -0.135. The maximum absolute atomic E-state index is 10.3. The second kappa shape index (κ2) is 5.99. The molecule has 15 heavy (non-hydrogen) atoms. The van der Waals surface area contributed by atoms with Gasteiger partial charge in [0.2, 0.25) is 0 Å². The quantitative estimate of drug-likeness (QED) is 0.814. The SMILES string of the molecule is COc1ccc(Br)cc1SNCC(=O)O. The van der Waals surface area contributed by atoms with Crippen molar-refractivity contribution in [1.29, 1.82) is 0 Å². The van der Waals surface area contributed by atoms with E-state index in [1.54, 1.807) is 7.11 Å². The molecule has 0 unspecified atom stereocenters. The molecule has 0 aromatic heterocycles. The lowest BCUT2D eigenvalue weighted by atomic mass is 10.3. The Balaban J connectivity index is 2.65. The van der Waals surface area contributed by atoms with Crippen molar-refractivity contribution in [3.8, 4) is 5.75 Å². The first-order chi connectivity index (χ1) is 7.13. The molecule has 0 amide bonds. The minimum atomic E-state index is -0.892. The molecule has 0 atom stereocenters. The maximum atomic E-state index is 10.3. The standard InChI is InChI=1S/C9H10BrNO3S/c1-14-7-3-2-6(10)4-8(7)15-11-5-9(12)13/h2-4,11H,5H2,1H3,(H,12,13). The molecular formula is C9H10BrNO3S. The molecule has 0 aliphatic carbocycles. The van der Waals surface area contributed by atoms with Gasteiger partial charge in [-0.2, -0.15) is 0 Å². The van der Waals surface area contributed by atoms with E-state index in [2.05, 4.69) is 20.7 Å². The molecule has 82 valence electrons. The van der Waals surface area contributed by atoms with E-state index in [0.29, 0.717) is 5.75 Å². The van der Waals surface area contributed by atoms with E-state index in [9.17, 15) is 4.79 Å². The minimum absolute atomic E-state index is 0.0969. The number of nitrogens with one attached hydrogen (secondary N) is 1. The van der Waals surface area contributed by atoms with Gasteiger partial charge in [-0.3, -0.25) is 4.79 Å². The van der Waals surface area contributed by atoms with E-state index < -0.39 is 5.97 Å². The van der Waals surface area contributed by atoms with E-state index >= 15 is 0 Å². The second-order valence-electron chi connectivity index (χ2n) is 2.61. The third kappa shape index (κ3) is 4.11. The molecule has 1 rings (SSSR count). The first-order valence-electron chi connectivity index (χ1n) is 4.08. The number of methoxy groups -OCH3 is 1. The zero-order valence-electron chi connectivity index (χ0n) is 7.99. The highest BCUT2D eigenvalue weighted by molar-refractivity contribution is 9.10. The van der Waals surface area contributed by atoms with Crippen LogP contribution in [-0.2, 0) is 4.79 Å². The predicted octanol–water partition coefficient (Wildman–Crippen LogP) is 2.14. The summed E-state index contributed by atoms with van der Waals surface area (Å²) in [7, 11) is 1.57. The lowest BCUT2D eigenvalue weighted by Gasteiger charge is -2.07. The van der Waals surface area contributed by atoms with Crippen molar-refractivity contribution in [3.05, 3.63) is 22.7 Å². The number of carbonyl (C=O) groups is 1. The van der Waals surface area contributed by atoms with Crippen LogP contribution in [0.25, 0.3) is 0 Å². The third-order valence-corrected chi connectivity index (χ3v) is 2.85. The van der Waals surface area contributed by atoms with E-state index in [1.165, 1.54) is 11.9 Å². The summed E-state index contributed by atoms with van der Waals surface area (Å²) in [4.78, 5) is 11.1. The highest BCUT2D eigenvalue weighted by Gasteiger charge is 2.05. The summed E-state index contributed by atoms with van der Waals surface area (Å²) >= 11 is 4.56. The number of hydrogen-bond donors (Lipinski definition) is 2. The van der Waals surface area contributed by atoms with Crippen molar-refractivity contribution in [1.82, 2.24) is 4.72 Å². The van der Waals surface area contributed by atoms with E-state index in [1.807, 2.05) is 18.2 Å². The molecule has 1 aromatic carbocycles. The molecular weight excluding hydrogens is 282 g/mol. The smallest absolute Gasteiger partial charge is 0.318 e. The van der Waals surface area contributed by atoms with Crippen LogP contribution in [0.4, 0.5) is 0 Å². The first-order valence-corrected chi connectivity index (χ1v) is 5.69. The van der Waals surface area contributed by atoms with Gasteiger partial charge in [-0.25, -0.2) is 4.72 Å². The topological polar surface area (TPSA) is 58.6 Å². The Morgan fingerprint density at radius 1 is 1.67 bits per heavy atom. The lowest BCUT2D eigenvalue weighted by Crippen LogP contribution is -2.15. The fraction of sp³-hybridized carbons (Fsp3) is 0.222. The summed E-state index contributed by atoms with van der Waals surface area (Å²) in [5.74, 6) is -0.183. The minimum Gasteiger partial charge on any atom is -0.496 e. The fourth-order valence-corrected chi connectivity index (χ4v) is 2.21. The van der Waals surface area contributed by atoms with Crippen molar-refractivity contribution >= 4 is 33.8 Å². The summed E-state index contributed by atoms with van der Waals surface area (Å²) in [6, 6.07) is 5.54. The van der Waals surface area contributed by atoms with Crippen LogP contribution in [0.2, 0.25) is 0 Å². The second-order valence-corrected chi connectivity index (χ2v) is 4.46. The van der Waals surface area contributed by atoms with E-state index in [-0.39, 0.29) is 6.54 Å². The highest BCUT2D eigenvalue weighted by atomic mass is 79.9. The van der Waals surface area contributed by atoms with Crippen LogP contribution in [0.3, 0.4) is 0 Å². The van der Waals surface area contributed by atoms with Gasteiger partial charge in [0.25, 0.3) is 0 Å². The number of rotatable bonds is 5. The summed E-state index contributed by atoms with van der Waals surface area (Å²) in [6.45, 7) is -0.0969. The predicted molar refractivity (Wildman–Crippen MR) is 62.2 cm³/mol. The monoisotopic (exact) mass is 291 g/mol. The summed E-state index contributed by atoms with van der Waals surface area (Å²) in [6.07, 6.45) is 0. The zero-order valence-corrected chi connectivity index (χ0v) is 10.4. The first kappa shape index (κ1) is 12.4. The molecule has 0 spiro atoms. The highest BCUT2D eigenvalue weighted by Crippen LogP contribution is 2.29. The molecule has 0 saturated heterocycles. The maximum Gasteiger partial charge on any atom is 0.318 e. The van der Waals surface area contributed by atoms with Gasteiger partial charge < -0.3 is 9.84 Å². The average molecular weight is 292 g/mol. The Morgan fingerprint density at radius 2 is 2.40 bits per heavy atom. The largest absolute Gasteiger partial charge is 0.496 e. The van der Waals surface area contributed by atoms with Crippen LogP contribution in [-0.4, -0.2) is 24.7 Å². The normalized spacial score (nSPS) is 10.0. The van der Waals surface area contributed by atoms with Gasteiger partial charge in [-0.05, 0) is 30.1 Å². The summed E-state index contributed by atoms with van der Waals surface area (Å²) < 4.78 is 8.77. The van der Waals surface area contributed by atoms with Crippen LogP contribution in [0, 0.1) is 0 Å². The van der Waals surface area contributed by atoms with Crippen LogP contribution in [0.1, 0.15) is 0 Å². The molecule has 0 bridgehead atoms. The molecule has 0 heterocycles. The average Bonchev–Trinajstić information content (AvgIpc) is 2.17. The molecule has 0 radical (unpaired) electrons. The van der Waals surface area contributed by atoms with Gasteiger partial charge >= 0.3 is 5.97 Å². The molecule has 2 N–H and O–H groups in total. The molecule has 1 aromatic rings. The number of carboxylic acid groups (broad SMARTS) is 1. The van der Waals surface area contributed by atoms with Crippen molar-refractivity contribution < 1.29 is 14.6 Å². The van der Waals surface area contributed by atoms with Crippen LogP contribution >= 0.6 is 27.9 Å². The Kier molecular flexibility index (Phi) is 4.93. The molecule has 0 aliphatic heterocycles. The number of hydrogen-bond acceptors (Lipinski definition) is 4. The van der Waals surface area contributed by atoms with Gasteiger partial charge in [0, 0.05) is 4.47 Å². The number of halogens is 1. The van der Waals surface area contributed by atoms with Crippen LogP contribution in [0.5, 0.6) is 5.75 Å². The zero-order chi connectivity index (χ0) is 11.3. The number of carboxylic acids is 1. The van der Waals surface area contributed by atoms with Crippen LogP contribution in [0.15, 0.2) is 27.6 Å². The van der Waals surface area contributed by atoms with Gasteiger partial charge in [-0.15, -0.1) is 0 Å². The van der Waals surface area contributed by atoms with Crippen molar-refractivity contribution in [2.45, 2.75) is 4.90 Å². The fourth-order valence-electron chi connectivity index (χ4n) is 0.906.